The number of fused-ring (bicyclic) bond motifs is 1. The van der Waals surface area contributed by atoms with Crippen LogP contribution in [0.1, 0.15) is 0 Å². The number of nitrogens with zero attached hydrogens (tertiary/aromatic N) is 2. The minimum absolute atomic E-state index is 0.928. The summed E-state index contributed by atoms with van der Waals surface area (Å²) >= 11 is 1.61. The van der Waals surface area contributed by atoms with E-state index in [1.54, 1.807) is 11.3 Å². The van der Waals surface area contributed by atoms with E-state index >= 15 is 0 Å². The molecule has 2 nitrogen and oxygen atoms in total. The Labute approximate surface area is 161 Å². The molecule has 0 aliphatic rings. The zero-order valence-corrected chi connectivity index (χ0v) is 15.3. The molecule has 27 heavy (non-hydrogen) atoms. The van der Waals surface area contributed by atoms with Crippen LogP contribution in [0.5, 0.6) is 0 Å². The molecule has 5 rings (SSSR count). The highest BCUT2D eigenvalue weighted by Gasteiger charge is 2.09. The first kappa shape index (κ1) is 15.9. The van der Waals surface area contributed by atoms with E-state index in [0.717, 1.165) is 21.1 Å². The predicted molar refractivity (Wildman–Crippen MR) is 113 cm³/mol. The Hall–Kier alpha value is -3.30. The Morgan fingerprint density at radius 3 is 1.89 bits per heavy atom. The van der Waals surface area contributed by atoms with Crippen molar-refractivity contribution in [2.75, 3.05) is 0 Å². The molecule has 0 N–H and O–H groups in total. The zero-order chi connectivity index (χ0) is 18.1. The van der Waals surface area contributed by atoms with Crippen LogP contribution in [0.3, 0.4) is 0 Å². The maximum absolute atomic E-state index is 4.36. The minimum Gasteiger partial charge on any atom is -0.138 e. The molecule has 3 heteroatoms. The molecule has 0 aliphatic carbocycles. The molecular formula is C24H15N2S. The van der Waals surface area contributed by atoms with E-state index in [9.17, 15) is 0 Å². The Morgan fingerprint density at radius 1 is 0.556 bits per heavy atom. The van der Waals surface area contributed by atoms with Gasteiger partial charge in [0.25, 0.3) is 0 Å². The van der Waals surface area contributed by atoms with Crippen LogP contribution in [0.15, 0.2) is 91.0 Å². The van der Waals surface area contributed by atoms with Crippen molar-refractivity contribution < 1.29 is 0 Å². The second kappa shape index (κ2) is 6.78. The predicted octanol–water partition coefficient (Wildman–Crippen LogP) is 6.49. The molecule has 0 amide bonds. The average Bonchev–Trinajstić information content (AvgIpc) is 3.24. The smallest absolute Gasteiger partial charge is 0.138 e. The van der Waals surface area contributed by atoms with Crippen molar-refractivity contribution in [1.82, 2.24) is 10.2 Å². The van der Waals surface area contributed by atoms with Crippen molar-refractivity contribution in [3.63, 3.8) is 0 Å². The number of rotatable bonds is 3. The molecule has 127 valence electrons. The van der Waals surface area contributed by atoms with Gasteiger partial charge in [0.15, 0.2) is 0 Å². The standard InChI is InChI=1S/C24H15N2S/c1-2-7-19(8-3-1)23-25-26-24(27-23)20-13-10-18(11-14-20)22-15-12-17-6-4-5-9-21(17)16-22/h2-16H. The second-order valence-electron chi connectivity index (χ2n) is 6.34. The summed E-state index contributed by atoms with van der Waals surface area (Å²) in [5.74, 6) is 0. The van der Waals surface area contributed by atoms with Gasteiger partial charge in [-0.05, 0) is 34.0 Å². The molecule has 0 saturated carbocycles. The minimum atomic E-state index is 0.928. The van der Waals surface area contributed by atoms with Gasteiger partial charge in [0, 0.05) is 11.1 Å². The Bertz CT molecular complexity index is 1210. The van der Waals surface area contributed by atoms with Crippen LogP contribution >= 0.6 is 11.3 Å². The van der Waals surface area contributed by atoms with E-state index in [1.165, 1.54) is 21.9 Å². The summed E-state index contributed by atoms with van der Waals surface area (Å²) in [5, 5.41) is 13.1. The van der Waals surface area contributed by atoms with Gasteiger partial charge in [0.05, 0.1) is 0 Å². The van der Waals surface area contributed by atoms with E-state index in [1.807, 2.05) is 24.3 Å². The van der Waals surface area contributed by atoms with E-state index in [2.05, 4.69) is 83.0 Å². The van der Waals surface area contributed by atoms with Crippen LogP contribution in [0.4, 0.5) is 0 Å². The van der Waals surface area contributed by atoms with Gasteiger partial charge in [0.2, 0.25) is 0 Å². The third kappa shape index (κ3) is 3.14. The molecule has 0 fully saturated rings. The lowest BCUT2D eigenvalue weighted by Gasteiger charge is -2.05. The SMILES string of the molecule is [c]1ccc(-c2nnc(-c3ccc(-c4ccc5ccccc5c4)cc3)s2)cc1. The molecule has 1 radical (unpaired) electrons. The van der Waals surface area contributed by atoms with E-state index in [-0.39, 0.29) is 0 Å². The third-order valence-electron chi connectivity index (χ3n) is 4.60. The highest BCUT2D eigenvalue weighted by molar-refractivity contribution is 7.17. The first-order valence-corrected chi connectivity index (χ1v) is 9.58. The normalized spacial score (nSPS) is 11.0. The summed E-state index contributed by atoms with van der Waals surface area (Å²) in [4.78, 5) is 0. The molecule has 0 bridgehead atoms. The van der Waals surface area contributed by atoms with Gasteiger partial charge in [-0.15, -0.1) is 10.2 Å². The van der Waals surface area contributed by atoms with Crippen LogP contribution in [-0.2, 0) is 0 Å². The Morgan fingerprint density at radius 2 is 1.15 bits per heavy atom. The Kier molecular flexibility index (Phi) is 4.00. The number of hydrogen-bond acceptors (Lipinski definition) is 3. The molecular weight excluding hydrogens is 348 g/mol. The van der Waals surface area contributed by atoms with Crippen molar-refractivity contribution in [2.45, 2.75) is 0 Å². The summed E-state index contributed by atoms with van der Waals surface area (Å²) < 4.78 is 0. The van der Waals surface area contributed by atoms with Gasteiger partial charge in [-0.2, -0.15) is 0 Å². The lowest BCUT2D eigenvalue weighted by Crippen LogP contribution is -1.81. The Balaban J connectivity index is 1.45. The number of aromatic nitrogens is 2. The van der Waals surface area contributed by atoms with Crippen LogP contribution in [0.25, 0.3) is 43.0 Å². The molecule has 1 heterocycles. The summed E-state index contributed by atoms with van der Waals surface area (Å²) in [6, 6.07) is 34.4. The largest absolute Gasteiger partial charge is 0.148 e. The van der Waals surface area contributed by atoms with Gasteiger partial charge >= 0.3 is 0 Å². The molecule has 0 spiro atoms. The van der Waals surface area contributed by atoms with Crippen molar-refractivity contribution in [1.29, 1.82) is 0 Å². The first-order chi connectivity index (χ1) is 13.4. The van der Waals surface area contributed by atoms with Crippen molar-refractivity contribution in [2.24, 2.45) is 0 Å². The summed E-state index contributed by atoms with van der Waals surface area (Å²) in [6.07, 6.45) is 0. The molecule has 0 saturated heterocycles. The van der Waals surface area contributed by atoms with Crippen molar-refractivity contribution in [3.05, 3.63) is 97.1 Å². The van der Waals surface area contributed by atoms with Gasteiger partial charge in [-0.3, -0.25) is 0 Å². The number of hydrogen-bond donors (Lipinski definition) is 0. The summed E-state index contributed by atoms with van der Waals surface area (Å²) in [6.45, 7) is 0. The summed E-state index contributed by atoms with van der Waals surface area (Å²) in [7, 11) is 0. The fourth-order valence-corrected chi connectivity index (χ4v) is 4.01. The average molecular weight is 363 g/mol. The van der Waals surface area contributed by atoms with Gasteiger partial charge in [0.1, 0.15) is 10.0 Å². The van der Waals surface area contributed by atoms with Crippen LogP contribution in [0, 0.1) is 6.07 Å². The molecule has 4 aromatic carbocycles. The van der Waals surface area contributed by atoms with E-state index in [0.29, 0.717) is 0 Å². The third-order valence-corrected chi connectivity index (χ3v) is 5.63. The molecule has 0 atom stereocenters. The van der Waals surface area contributed by atoms with Crippen LogP contribution < -0.4 is 0 Å². The van der Waals surface area contributed by atoms with E-state index < -0.39 is 0 Å². The second-order valence-corrected chi connectivity index (χ2v) is 7.32. The van der Waals surface area contributed by atoms with Crippen LogP contribution in [-0.4, -0.2) is 10.2 Å². The monoisotopic (exact) mass is 363 g/mol. The molecule has 0 unspecified atom stereocenters. The molecule has 5 aromatic rings. The summed E-state index contributed by atoms with van der Waals surface area (Å²) in [5.41, 5.74) is 4.59. The van der Waals surface area contributed by atoms with Crippen molar-refractivity contribution in [3.8, 4) is 32.3 Å². The van der Waals surface area contributed by atoms with Gasteiger partial charge < -0.3 is 0 Å². The van der Waals surface area contributed by atoms with Crippen LogP contribution in [0.2, 0.25) is 0 Å². The zero-order valence-electron chi connectivity index (χ0n) is 14.5. The van der Waals surface area contributed by atoms with E-state index in [4.69, 9.17) is 0 Å². The fourth-order valence-electron chi connectivity index (χ4n) is 3.16. The molecule has 0 aliphatic heterocycles. The maximum Gasteiger partial charge on any atom is 0.148 e. The highest BCUT2D eigenvalue weighted by Crippen LogP contribution is 2.31. The maximum atomic E-state index is 4.36. The van der Waals surface area contributed by atoms with Gasteiger partial charge in [-0.25, -0.2) is 0 Å². The van der Waals surface area contributed by atoms with Gasteiger partial charge in [-0.1, -0.05) is 96.3 Å². The number of benzene rings is 4. The topological polar surface area (TPSA) is 25.8 Å². The first-order valence-electron chi connectivity index (χ1n) is 8.76. The lowest BCUT2D eigenvalue weighted by atomic mass is 10.0. The highest BCUT2D eigenvalue weighted by atomic mass is 32.1. The quantitative estimate of drug-likeness (QED) is 0.366. The molecule has 1 aromatic heterocycles. The van der Waals surface area contributed by atoms with Crippen molar-refractivity contribution >= 4 is 22.1 Å². The fraction of sp³-hybridized carbons (Fsp3) is 0. The lowest BCUT2D eigenvalue weighted by molar-refractivity contribution is 1.10.